The molecule has 0 nitrogen and oxygen atoms in total. The van der Waals surface area contributed by atoms with E-state index in [0.717, 1.165) is 0 Å². The monoisotopic (exact) mass is 470 g/mol. The van der Waals surface area contributed by atoms with Gasteiger partial charge in [-0.2, -0.15) is 0 Å². The van der Waals surface area contributed by atoms with Crippen molar-refractivity contribution in [2.24, 2.45) is 0 Å². The van der Waals surface area contributed by atoms with E-state index in [2.05, 4.69) is 75.9 Å². The Morgan fingerprint density at radius 3 is 1.44 bits per heavy atom. The minimum atomic E-state index is -2.28. The van der Waals surface area contributed by atoms with E-state index >= 15 is 0 Å². The molecule has 2 aromatic carbocycles. The average Bonchev–Trinajstić information content (AvgIpc) is 2.74. The quantitative estimate of drug-likeness (QED) is 0.276. The Kier molecular flexibility index (Phi) is 9.68. The summed E-state index contributed by atoms with van der Waals surface area (Å²) in [4.78, 5) is 0. The van der Waals surface area contributed by atoms with E-state index in [-0.39, 0.29) is 0 Å². The third kappa shape index (κ3) is 6.24. The molecule has 0 aliphatic rings. The predicted molar refractivity (Wildman–Crippen MR) is 127 cm³/mol. The molecule has 0 saturated heterocycles. The van der Waals surface area contributed by atoms with Gasteiger partial charge in [0.1, 0.15) is 0 Å². The first-order chi connectivity index (χ1) is 13.2. The van der Waals surface area contributed by atoms with Gasteiger partial charge in [-0.3, -0.25) is 0 Å². The Bertz CT molecular complexity index is 645. The van der Waals surface area contributed by atoms with Crippen molar-refractivity contribution in [3.63, 3.8) is 0 Å². The van der Waals surface area contributed by atoms with Crippen molar-refractivity contribution < 1.29 is 0 Å². The SMILES string of the molecule is C=Cc1ccc(-c2cc[c]([Sn]([CH2]CCC)([CH2]CCC)[CH2]CCC)cc2)cc1. The molecule has 1 heteroatoms. The van der Waals surface area contributed by atoms with Gasteiger partial charge in [0.15, 0.2) is 0 Å². The Morgan fingerprint density at radius 1 is 0.667 bits per heavy atom. The van der Waals surface area contributed by atoms with Crippen LogP contribution < -0.4 is 3.58 Å². The van der Waals surface area contributed by atoms with Gasteiger partial charge < -0.3 is 0 Å². The molecule has 0 bridgehead atoms. The second-order valence-electron chi connectivity index (χ2n) is 7.99. The number of rotatable bonds is 12. The van der Waals surface area contributed by atoms with Crippen LogP contribution >= 0.6 is 0 Å². The first-order valence-electron chi connectivity index (χ1n) is 11.0. The Morgan fingerprint density at radius 2 is 1.07 bits per heavy atom. The van der Waals surface area contributed by atoms with E-state index in [1.54, 1.807) is 16.9 Å². The predicted octanol–water partition coefficient (Wildman–Crippen LogP) is 8.05. The van der Waals surface area contributed by atoms with E-state index in [0.29, 0.717) is 0 Å². The molecule has 0 aliphatic heterocycles. The van der Waals surface area contributed by atoms with Crippen molar-refractivity contribution in [1.82, 2.24) is 0 Å². The van der Waals surface area contributed by atoms with Crippen molar-refractivity contribution in [3.05, 3.63) is 60.7 Å². The number of hydrogen-bond acceptors (Lipinski definition) is 0. The zero-order valence-electron chi connectivity index (χ0n) is 17.8. The van der Waals surface area contributed by atoms with Crippen LogP contribution in [0.3, 0.4) is 0 Å². The van der Waals surface area contributed by atoms with Crippen molar-refractivity contribution >= 4 is 28.0 Å². The van der Waals surface area contributed by atoms with Crippen LogP contribution in [0.15, 0.2) is 55.1 Å². The Balaban J connectivity index is 2.31. The zero-order chi connectivity index (χ0) is 19.5. The molecule has 0 heterocycles. The molecule has 0 spiro atoms. The van der Waals surface area contributed by atoms with Gasteiger partial charge in [0.2, 0.25) is 0 Å². The summed E-state index contributed by atoms with van der Waals surface area (Å²) < 4.78 is 6.39. The first-order valence-corrected chi connectivity index (χ1v) is 18.5. The van der Waals surface area contributed by atoms with Gasteiger partial charge in [0.25, 0.3) is 0 Å². The molecule has 0 atom stereocenters. The zero-order valence-corrected chi connectivity index (χ0v) is 20.6. The summed E-state index contributed by atoms with van der Waals surface area (Å²) >= 11 is -2.28. The van der Waals surface area contributed by atoms with Crippen molar-refractivity contribution in [2.75, 3.05) is 0 Å². The molecule has 0 aromatic heterocycles. The van der Waals surface area contributed by atoms with Gasteiger partial charge >= 0.3 is 172 Å². The molecular formula is C26H38Sn. The minimum absolute atomic E-state index is 1.18. The summed E-state index contributed by atoms with van der Waals surface area (Å²) in [5, 5.41) is 0. The fourth-order valence-corrected chi connectivity index (χ4v) is 20.1. The number of unbranched alkanes of at least 4 members (excludes halogenated alkanes) is 3. The van der Waals surface area contributed by atoms with Crippen LogP contribution in [0.25, 0.3) is 17.2 Å². The van der Waals surface area contributed by atoms with Gasteiger partial charge in [-0.1, -0.05) is 0 Å². The second kappa shape index (κ2) is 11.7. The van der Waals surface area contributed by atoms with Gasteiger partial charge in [-0.15, -0.1) is 0 Å². The molecule has 0 N–H and O–H groups in total. The summed E-state index contributed by atoms with van der Waals surface area (Å²) in [5.74, 6) is 0. The molecular weight excluding hydrogens is 431 g/mol. The molecule has 2 rings (SSSR count). The van der Waals surface area contributed by atoms with E-state index in [9.17, 15) is 0 Å². The molecule has 27 heavy (non-hydrogen) atoms. The van der Waals surface area contributed by atoms with Crippen molar-refractivity contribution in [2.45, 2.75) is 72.6 Å². The van der Waals surface area contributed by atoms with Crippen LogP contribution in [0.5, 0.6) is 0 Å². The maximum absolute atomic E-state index is 3.85. The third-order valence-corrected chi connectivity index (χ3v) is 21.7. The van der Waals surface area contributed by atoms with E-state index in [4.69, 9.17) is 0 Å². The van der Waals surface area contributed by atoms with Crippen molar-refractivity contribution in [1.29, 1.82) is 0 Å². The third-order valence-electron chi connectivity index (χ3n) is 6.00. The summed E-state index contributed by atoms with van der Waals surface area (Å²) in [5.41, 5.74) is 3.84. The molecule has 0 fully saturated rings. The molecule has 0 aliphatic carbocycles. The standard InChI is InChI=1S/C14H11.3C4H9.Sn/c1-2-12-8-10-14(11-9-12)13-6-4-3-5-7-13;3*1-3-4-2;/h2,4-11H,1H2;3*1,3-4H2,2H3;. The topological polar surface area (TPSA) is 0 Å². The van der Waals surface area contributed by atoms with Crippen LogP contribution in [0.1, 0.15) is 64.9 Å². The summed E-state index contributed by atoms with van der Waals surface area (Å²) in [6.07, 6.45) is 10.2. The van der Waals surface area contributed by atoms with Crippen LogP contribution in [0.2, 0.25) is 13.3 Å². The Labute approximate surface area is 172 Å². The molecule has 0 amide bonds. The van der Waals surface area contributed by atoms with Crippen LogP contribution in [0.4, 0.5) is 0 Å². The molecule has 0 saturated carbocycles. The van der Waals surface area contributed by atoms with Crippen LogP contribution in [-0.2, 0) is 0 Å². The van der Waals surface area contributed by atoms with Gasteiger partial charge in [0.05, 0.1) is 0 Å². The van der Waals surface area contributed by atoms with E-state index in [1.807, 2.05) is 6.08 Å². The average molecular weight is 469 g/mol. The molecule has 146 valence electrons. The van der Waals surface area contributed by atoms with Crippen LogP contribution in [0, 0.1) is 0 Å². The van der Waals surface area contributed by atoms with E-state index < -0.39 is 18.4 Å². The van der Waals surface area contributed by atoms with Gasteiger partial charge in [-0.25, -0.2) is 0 Å². The normalized spacial score (nSPS) is 11.5. The fourth-order valence-electron chi connectivity index (χ4n) is 4.18. The Hall–Kier alpha value is -1.02. The maximum atomic E-state index is 3.85. The van der Waals surface area contributed by atoms with Crippen LogP contribution in [-0.4, -0.2) is 18.4 Å². The van der Waals surface area contributed by atoms with Gasteiger partial charge in [0, 0.05) is 0 Å². The second-order valence-corrected chi connectivity index (χ2v) is 21.2. The van der Waals surface area contributed by atoms with Crippen molar-refractivity contribution in [3.8, 4) is 11.1 Å². The molecule has 0 unspecified atom stereocenters. The number of benzene rings is 2. The first kappa shape index (κ1) is 22.3. The van der Waals surface area contributed by atoms with Gasteiger partial charge in [-0.05, 0) is 0 Å². The summed E-state index contributed by atoms with van der Waals surface area (Å²) in [7, 11) is 0. The van der Waals surface area contributed by atoms with E-state index in [1.165, 1.54) is 55.2 Å². The molecule has 0 radical (unpaired) electrons. The summed E-state index contributed by atoms with van der Waals surface area (Å²) in [6.45, 7) is 10.9. The number of hydrogen-bond donors (Lipinski definition) is 0. The summed E-state index contributed by atoms with van der Waals surface area (Å²) in [6, 6.07) is 18.5. The fraction of sp³-hybridized carbons (Fsp3) is 0.462. The molecule has 2 aromatic rings.